The molecule has 0 aliphatic heterocycles. The van der Waals surface area contributed by atoms with Crippen LogP contribution in [0.15, 0.2) is 66.8 Å². The Morgan fingerprint density at radius 1 is 0.785 bits per heavy atom. The number of rotatable bonds is 24. The fourth-order valence-electron chi connectivity index (χ4n) is 5.57. The van der Waals surface area contributed by atoms with E-state index in [4.69, 9.17) is 39.9 Å². The smallest absolute Gasteiger partial charge is 0.406 e. The number of unbranched alkanes of at least 4 members (excludes halogenated alkanes) is 2. The zero-order chi connectivity index (χ0) is 49.1. The maximum absolute atomic E-state index is 10.5. The zero-order valence-electron chi connectivity index (χ0n) is 41.5. The highest BCUT2D eigenvalue weighted by atomic mass is 16.6. The molecular formula is C49H84N8O8. The summed E-state index contributed by atoms with van der Waals surface area (Å²) in [6.45, 7) is 24.5. The number of likely N-dealkylation sites (N-methyl/N-ethyl adjacent to an activating group) is 1. The van der Waals surface area contributed by atoms with Crippen LogP contribution < -0.4 is 37.5 Å². The molecule has 1 aliphatic rings. The molecule has 16 heteroatoms. The molecule has 3 aromatic rings. The lowest BCUT2D eigenvalue weighted by molar-refractivity contribution is -0.106. The first-order chi connectivity index (χ1) is 31.5. The highest BCUT2D eigenvalue weighted by Gasteiger charge is 2.21. The van der Waals surface area contributed by atoms with Crippen LogP contribution >= 0.6 is 0 Å². The van der Waals surface area contributed by atoms with Gasteiger partial charge in [-0.3, -0.25) is 0 Å². The van der Waals surface area contributed by atoms with Crippen LogP contribution in [0.3, 0.4) is 0 Å². The van der Waals surface area contributed by atoms with Crippen LogP contribution in [0.25, 0.3) is 5.57 Å². The number of allylic oxidation sites excluding steroid dienone is 3. The van der Waals surface area contributed by atoms with Crippen molar-refractivity contribution in [2.75, 3.05) is 111 Å². The van der Waals surface area contributed by atoms with Crippen LogP contribution in [0.1, 0.15) is 95.9 Å². The molecule has 1 atom stereocenters. The fraction of sp³-hybridized carbons (Fsp3) is 0.551. The second-order valence-electron chi connectivity index (χ2n) is 13.7. The van der Waals surface area contributed by atoms with E-state index in [2.05, 4.69) is 87.6 Å². The third-order valence-corrected chi connectivity index (χ3v) is 9.07. The van der Waals surface area contributed by atoms with E-state index >= 15 is 0 Å². The van der Waals surface area contributed by atoms with Crippen molar-refractivity contribution in [3.05, 3.63) is 89.0 Å². The molecule has 2 aromatic carbocycles. The standard InChI is InChI=1S/C23H38N6O5.C12H14.C7H16N2O2.C3H6.C2H4O.C2H6/c1-25-8-9-30-10-11-31-12-13-32-14-15-33-16-18-4-6-19(7-5-18)17-34-22-20(26-2)21(27-3)28-23(24)29-22;1-8-9(2)11-6-4-5-7-12(11)10(8)3;1-11-7(10)9-6-4-2-3-5-8;1-3-2;1-2-3;1-2/h4-7,25-26H,8-17H2,1-3H3,(H3,24,27,28,29);4-7,9H,1-3H3;2-6,8H2,1H3,(H,9,10);3H,1H2,2H3;2H,1H3;1-2H3. The minimum atomic E-state index is -0.363. The molecule has 1 aromatic heterocycles. The number of hydrogen-bond acceptors (Lipinski definition) is 15. The van der Waals surface area contributed by atoms with Gasteiger partial charge in [-0.1, -0.05) is 87.4 Å². The number of ether oxygens (including phenoxy) is 6. The molecule has 368 valence electrons. The molecule has 0 bridgehead atoms. The van der Waals surface area contributed by atoms with Gasteiger partial charge in [0.05, 0.1) is 60.0 Å². The number of aldehydes is 1. The van der Waals surface area contributed by atoms with Crippen molar-refractivity contribution in [2.45, 2.75) is 86.9 Å². The number of alkyl carbamates (subject to hydrolysis) is 1. The Bertz CT molecular complexity index is 1670. The third-order valence-electron chi connectivity index (χ3n) is 9.07. The van der Waals surface area contributed by atoms with Gasteiger partial charge in [0.25, 0.3) is 0 Å². The van der Waals surface area contributed by atoms with Gasteiger partial charge in [-0.15, -0.1) is 6.58 Å². The quantitative estimate of drug-likeness (QED) is 0.0285. The van der Waals surface area contributed by atoms with E-state index < -0.39 is 0 Å². The molecule has 4 rings (SSSR count). The normalized spacial score (nSPS) is 11.7. The summed E-state index contributed by atoms with van der Waals surface area (Å²) in [7, 11) is 6.79. The summed E-state index contributed by atoms with van der Waals surface area (Å²) in [6.07, 6.45) is 5.17. The molecule has 65 heavy (non-hydrogen) atoms. The number of nitrogens with zero attached hydrogens (tertiary/aromatic N) is 2. The van der Waals surface area contributed by atoms with Gasteiger partial charge in [0.15, 0.2) is 5.82 Å². The number of benzene rings is 2. The molecular weight excluding hydrogens is 829 g/mol. The second-order valence-corrected chi connectivity index (χ2v) is 13.7. The summed E-state index contributed by atoms with van der Waals surface area (Å²) in [5, 5.41) is 11.6. The molecule has 1 heterocycles. The van der Waals surface area contributed by atoms with Gasteiger partial charge in [-0.05, 0) is 82.0 Å². The molecule has 1 unspecified atom stereocenters. The molecule has 0 spiro atoms. The van der Waals surface area contributed by atoms with Crippen molar-refractivity contribution in [1.82, 2.24) is 20.6 Å². The Balaban J connectivity index is 0. The van der Waals surface area contributed by atoms with Crippen LogP contribution in [0.4, 0.5) is 22.2 Å². The number of aromatic nitrogens is 2. The molecule has 1 aliphatic carbocycles. The Labute approximate surface area is 391 Å². The van der Waals surface area contributed by atoms with Gasteiger partial charge in [-0.2, -0.15) is 9.97 Å². The summed E-state index contributed by atoms with van der Waals surface area (Å²) < 4.78 is 32.2. The van der Waals surface area contributed by atoms with Crippen molar-refractivity contribution in [3.8, 4) is 5.88 Å². The van der Waals surface area contributed by atoms with E-state index in [0.29, 0.717) is 89.3 Å². The van der Waals surface area contributed by atoms with E-state index in [9.17, 15) is 4.79 Å². The minimum Gasteiger partial charge on any atom is -0.471 e. The largest absolute Gasteiger partial charge is 0.471 e. The number of nitrogens with two attached hydrogens (primary N) is 2. The average molecular weight is 913 g/mol. The first-order valence-electron chi connectivity index (χ1n) is 22.5. The SMILES string of the molecule is C=CC.CC.CC1=C(C)C(C)c2ccccc21.CC=O.CNCCOCCOCCOCCOCc1ccc(COc2nc(N)nc(NC)c2NC)cc1.COC(=O)NCCCCCN. The van der Waals surface area contributed by atoms with E-state index in [0.717, 1.165) is 49.8 Å². The number of nitrogen functional groups attached to an aromatic ring is 1. The number of methoxy groups -OCH3 is 1. The minimum absolute atomic E-state index is 0.146. The van der Waals surface area contributed by atoms with Crippen LogP contribution in [0.5, 0.6) is 5.88 Å². The number of amides is 1. The van der Waals surface area contributed by atoms with E-state index in [1.165, 1.54) is 36.3 Å². The zero-order valence-corrected chi connectivity index (χ0v) is 41.5. The second kappa shape index (κ2) is 42.8. The van der Waals surface area contributed by atoms with Crippen molar-refractivity contribution in [1.29, 1.82) is 0 Å². The first-order valence-corrected chi connectivity index (χ1v) is 22.5. The van der Waals surface area contributed by atoms with E-state index in [1.807, 2.05) is 52.1 Å². The molecule has 16 nitrogen and oxygen atoms in total. The summed E-state index contributed by atoms with van der Waals surface area (Å²) in [5.74, 6) is 1.75. The van der Waals surface area contributed by atoms with Crippen molar-refractivity contribution in [3.63, 3.8) is 0 Å². The molecule has 0 fully saturated rings. The third kappa shape index (κ3) is 29.1. The Morgan fingerprint density at radius 2 is 1.32 bits per heavy atom. The van der Waals surface area contributed by atoms with Crippen LogP contribution in [-0.4, -0.2) is 116 Å². The van der Waals surface area contributed by atoms with Crippen molar-refractivity contribution >= 4 is 35.4 Å². The number of fused-ring (bicyclic) bond motifs is 1. The number of hydrogen-bond donors (Lipinski definition) is 6. The summed E-state index contributed by atoms with van der Waals surface area (Å²) in [6, 6.07) is 16.7. The van der Waals surface area contributed by atoms with Crippen LogP contribution in [0.2, 0.25) is 0 Å². The lowest BCUT2D eigenvalue weighted by atomic mass is 9.99. The van der Waals surface area contributed by atoms with Crippen LogP contribution in [-0.2, 0) is 41.7 Å². The Kier molecular flexibility index (Phi) is 40.8. The molecule has 0 saturated heterocycles. The highest BCUT2D eigenvalue weighted by molar-refractivity contribution is 5.76. The Morgan fingerprint density at radius 3 is 1.83 bits per heavy atom. The Hall–Kier alpha value is -5.10. The summed E-state index contributed by atoms with van der Waals surface area (Å²) >= 11 is 0. The topological polar surface area (TPSA) is 215 Å². The van der Waals surface area contributed by atoms with Gasteiger partial charge in [0, 0.05) is 33.1 Å². The number of anilines is 3. The van der Waals surface area contributed by atoms with Gasteiger partial charge < -0.3 is 66.0 Å². The van der Waals surface area contributed by atoms with Crippen molar-refractivity contribution in [2.24, 2.45) is 5.73 Å². The lowest BCUT2D eigenvalue weighted by Gasteiger charge is -2.14. The maximum Gasteiger partial charge on any atom is 0.406 e. The van der Waals surface area contributed by atoms with Crippen LogP contribution in [0, 0.1) is 0 Å². The van der Waals surface area contributed by atoms with Crippen molar-refractivity contribution < 1.29 is 38.0 Å². The summed E-state index contributed by atoms with van der Waals surface area (Å²) in [5.41, 5.74) is 19.7. The molecule has 0 radical (unpaired) electrons. The highest BCUT2D eigenvalue weighted by Crippen LogP contribution is 2.40. The molecule has 0 saturated carbocycles. The lowest BCUT2D eigenvalue weighted by Crippen LogP contribution is -2.23. The first kappa shape index (κ1) is 62.0. The number of carbonyl (C=O) groups is 2. The van der Waals surface area contributed by atoms with Gasteiger partial charge in [0.2, 0.25) is 11.8 Å². The predicted molar refractivity (Wildman–Crippen MR) is 268 cm³/mol. The fourth-order valence-corrected chi connectivity index (χ4v) is 5.57. The van der Waals surface area contributed by atoms with Gasteiger partial charge in [-0.25, -0.2) is 4.79 Å². The maximum atomic E-state index is 10.5. The molecule has 1 amide bonds. The average Bonchev–Trinajstić information content (AvgIpc) is 3.54. The molecule has 8 N–H and O–H groups in total. The summed E-state index contributed by atoms with van der Waals surface area (Å²) in [4.78, 5) is 27.6. The monoisotopic (exact) mass is 913 g/mol. The van der Waals surface area contributed by atoms with Gasteiger partial charge >= 0.3 is 6.09 Å². The predicted octanol–water partition coefficient (Wildman–Crippen LogP) is 8.00. The number of carbonyl (C=O) groups excluding carboxylic acids is 2. The van der Waals surface area contributed by atoms with Gasteiger partial charge in [0.1, 0.15) is 18.6 Å². The van der Waals surface area contributed by atoms with E-state index in [1.54, 1.807) is 20.2 Å². The van der Waals surface area contributed by atoms with E-state index in [-0.39, 0.29) is 12.0 Å². The number of nitrogens with one attached hydrogen (secondary N) is 4.